The predicted octanol–water partition coefficient (Wildman–Crippen LogP) is 3.38. The van der Waals surface area contributed by atoms with Crippen molar-refractivity contribution in [3.8, 4) is 0 Å². The third-order valence-corrected chi connectivity index (χ3v) is 5.82. The first-order valence-electron chi connectivity index (χ1n) is 11.9. The fourth-order valence-corrected chi connectivity index (χ4v) is 3.91. The summed E-state index contributed by atoms with van der Waals surface area (Å²) >= 11 is 0. The Balaban J connectivity index is 2.51. The van der Waals surface area contributed by atoms with Gasteiger partial charge in [0.1, 0.15) is 17.7 Å². The van der Waals surface area contributed by atoms with Crippen molar-refractivity contribution in [1.29, 1.82) is 0 Å². The molecule has 0 spiro atoms. The number of nitrogens with one attached hydrogen (secondary N) is 2. The molecule has 2 rings (SSSR count). The van der Waals surface area contributed by atoms with Crippen molar-refractivity contribution < 1.29 is 24.2 Å². The Morgan fingerprint density at radius 1 is 1.15 bits per heavy atom. The van der Waals surface area contributed by atoms with Gasteiger partial charge in [0.05, 0.1) is 6.61 Å². The fraction of sp³-hybridized carbons (Fsp3) is 0.654. The third kappa shape index (κ3) is 7.19. The Labute approximate surface area is 203 Å². The molecule has 1 fully saturated rings. The maximum absolute atomic E-state index is 13.8. The number of aliphatic hydroxyl groups excluding tert-OH is 1. The minimum absolute atomic E-state index is 0.183. The molecule has 0 bridgehead atoms. The first kappa shape index (κ1) is 27.6. The van der Waals surface area contributed by atoms with Crippen molar-refractivity contribution in [2.75, 3.05) is 6.61 Å². The normalized spacial score (nSPS) is 19.6. The second-order valence-corrected chi connectivity index (χ2v) is 11.3. The number of nitrogens with zero attached hydrogens (tertiary/aromatic N) is 1. The second-order valence-electron chi connectivity index (χ2n) is 11.3. The van der Waals surface area contributed by atoms with Crippen LogP contribution in [0.15, 0.2) is 18.2 Å². The predicted molar refractivity (Wildman–Crippen MR) is 131 cm³/mol. The summed E-state index contributed by atoms with van der Waals surface area (Å²) < 4.78 is 5.28. The van der Waals surface area contributed by atoms with E-state index in [2.05, 4.69) is 10.6 Å². The lowest BCUT2D eigenvalue weighted by molar-refractivity contribution is -0.144. The summed E-state index contributed by atoms with van der Waals surface area (Å²) in [5.74, 6) is -0.625. The summed E-state index contributed by atoms with van der Waals surface area (Å²) in [6.45, 7) is 16.1. The molecule has 4 unspecified atom stereocenters. The van der Waals surface area contributed by atoms with E-state index in [0.717, 1.165) is 23.1 Å². The Morgan fingerprint density at radius 3 is 2.21 bits per heavy atom. The van der Waals surface area contributed by atoms with Crippen LogP contribution in [0.4, 0.5) is 4.79 Å². The minimum atomic E-state index is -1.24. The van der Waals surface area contributed by atoms with Gasteiger partial charge in [-0.3, -0.25) is 9.59 Å². The van der Waals surface area contributed by atoms with Crippen LogP contribution in [-0.4, -0.2) is 57.7 Å². The van der Waals surface area contributed by atoms with E-state index in [4.69, 9.17) is 4.74 Å². The zero-order chi connectivity index (χ0) is 26.0. The number of benzene rings is 1. The van der Waals surface area contributed by atoms with E-state index < -0.39 is 41.8 Å². The number of aliphatic hydroxyl groups is 1. The zero-order valence-corrected chi connectivity index (χ0v) is 22.0. The van der Waals surface area contributed by atoms with Crippen molar-refractivity contribution in [3.63, 3.8) is 0 Å². The highest BCUT2D eigenvalue weighted by atomic mass is 16.6. The molecule has 1 aromatic carbocycles. The first-order valence-corrected chi connectivity index (χ1v) is 11.9. The van der Waals surface area contributed by atoms with Crippen molar-refractivity contribution in [1.82, 2.24) is 15.5 Å². The SMILES string of the molecule is Cc1cccc(C(C(=O)NC(C)(C)C)N(C(=O)C(CO)NC(=O)OC(C)(C)C)C2CC2C)c1C. The Hall–Kier alpha value is -2.61. The van der Waals surface area contributed by atoms with E-state index in [1.54, 1.807) is 25.7 Å². The van der Waals surface area contributed by atoms with Crippen molar-refractivity contribution in [2.45, 2.75) is 98.0 Å². The maximum atomic E-state index is 13.8. The monoisotopic (exact) mass is 475 g/mol. The van der Waals surface area contributed by atoms with Gasteiger partial charge in [-0.15, -0.1) is 0 Å². The third-order valence-electron chi connectivity index (χ3n) is 5.82. The molecule has 0 saturated heterocycles. The second kappa shape index (κ2) is 10.3. The summed E-state index contributed by atoms with van der Waals surface area (Å²) in [6, 6.07) is 3.37. The van der Waals surface area contributed by atoms with Crippen LogP contribution in [0.25, 0.3) is 0 Å². The average Bonchev–Trinajstić information content (AvgIpc) is 3.39. The van der Waals surface area contributed by atoms with Crippen LogP contribution < -0.4 is 10.6 Å². The van der Waals surface area contributed by atoms with Crippen molar-refractivity contribution in [3.05, 3.63) is 34.9 Å². The number of hydrogen-bond donors (Lipinski definition) is 3. The highest BCUT2D eigenvalue weighted by Gasteiger charge is 2.48. The molecule has 0 radical (unpaired) electrons. The standard InChI is InChI=1S/C26H41N3O5/c1-15-11-10-12-18(17(15)3)21(22(31)28-25(4,5)6)29(20-13-16(20)2)23(32)19(14-30)27-24(33)34-26(7,8)9/h10-12,16,19-21,30H,13-14H2,1-9H3,(H,27,33)(H,28,31). The van der Waals surface area contributed by atoms with Gasteiger partial charge in [-0.05, 0) is 84.4 Å². The smallest absolute Gasteiger partial charge is 0.408 e. The molecule has 3 N–H and O–H groups in total. The highest BCUT2D eigenvalue weighted by Crippen LogP contribution is 2.41. The molecule has 0 aromatic heterocycles. The van der Waals surface area contributed by atoms with Crippen molar-refractivity contribution in [2.24, 2.45) is 5.92 Å². The first-order chi connectivity index (χ1) is 15.6. The average molecular weight is 476 g/mol. The molecule has 34 heavy (non-hydrogen) atoms. The van der Waals surface area contributed by atoms with Crippen LogP contribution in [-0.2, 0) is 14.3 Å². The minimum Gasteiger partial charge on any atom is -0.444 e. The van der Waals surface area contributed by atoms with Crippen LogP contribution in [0, 0.1) is 19.8 Å². The Kier molecular flexibility index (Phi) is 8.40. The number of carbonyl (C=O) groups excluding carboxylic acids is 3. The van der Waals surface area contributed by atoms with Gasteiger partial charge < -0.3 is 25.4 Å². The van der Waals surface area contributed by atoms with Crippen molar-refractivity contribution >= 4 is 17.9 Å². The van der Waals surface area contributed by atoms with Crippen LogP contribution in [0.1, 0.15) is 77.6 Å². The summed E-state index contributed by atoms with van der Waals surface area (Å²) in [6.07, 6.45) is -0.0633. The van der Waals surface area contributed by atoms with E-state index in [-0.39, 0.29) is 17.9 Å². The van der Waals surface area contributed by atoms with Gasteiger partial charge in [-0.25, -0.2) is 4.79 Å². The number of amides is 3. The van der Waals surface area contributed by atoms with Gasteiger partial charge in [0.25, 0.3) is 0 Å². The highest BCUT2D eigenvalue weighted by molar-refractivity contribution is 5.93. The molecule has 8 nitrogen and oxygen atoms in total. The lowest BCUT2D eigenvalue weighted by Crippen LogP contribution is -2.56. The van der Waals surface area contributed by atoms with E-state index in [1.165, 1.54) is 0 Å². The van der Waals surface area contributed by atoms with Crippen LogP contribution in [0.5, 0.6) is 0 Å². The largest absolute Gasteiger partial charge is 0.444 e. The summed E-state index contributed by atoms with van der Waals surface area (Å²) in [5.41, 5.74) is 1.38. The van der Waals surface area contributed by atoms with Gasteiger partial charge in [-0.1, -0.05) is 25.1 Å². The van der Waals surface area contributed by atoms with E-state index in [0.29, 0.717) is 0 Å². The van der Waals surface area contributed by atoms with Crippen LogP contribution >= 0.6 is 0 Å². The number of rotatable bonds is 7. The molecule has 190 valence electrons. The topological polar surface area (TPSA) is 108 Å². The van der Waals surface area contributed by atoms with Gasteiger partial charge >= 0.3 is 6.09 Å². The molecular formula is C26H41N3O5. The summed E-state index contributed by atoms with van der Waals surface area (Å²) in [5, 5.41) is 15.5. The molecule has 4 atom stereocenters. The molecule has 8 heteroatoms. The molecule has 0 heterocycles. The van der Waals surface area contributed by atoms with Gasteiger partial charge in [0.2, 0.25) is 11.8 Å². The number of carbonyl (C=O) groups is 3. The quantitative estimate of drug-likeness (QED) is 0.560. The molecule has 1 aliphatic carbocycles. The molecule has 1 aromatic rings. The molecule has 0 aliphatic heterocycles. The van der Waals surface area contributed by atoms with E-state index in [9.17, 15) is 19.5 Å². The summed E-state index contributed by atoms with van der Waals surface area (Å²) in [7, 11) is 0. The summed E-state index contributed by atoms with van der Waals surface area (Å²) in [4.78, 5) is 41.4. The molecule has 1 aliphatic rings. The number of ether oxygens (including phenoxy) is 1. The van der Waals surface area contributed by atoms with Gasteiger partial charge in [-0.2, -0.15) is 0 Å². The van der Waals surface area contributed by atoms with E-state index in [1.807, 2.05) is 59.7 Å². The fourth-order valence-electron chi connectivity index (χ4n) is 3.91. The van der Waals surface area contributed by atoms with Crippen LogP contribution in [0.3, 0.4) is 0 Å². The van der Waals surface area contributed by atoms with E-state index >= 15 is 0 Å². The van der Waals surface area contributed by atoms with Gasteiger partial charge in [0, 0.05) is 11.6 Å². The zero-order valence-electron chi connectivity index (χ0n) is 22.0. The Morgan fingerprint density at radius 2 is 1.74 bits per heavy atom. The maximum Gasteiger partial charge on any atom is 0.408 e. The lowest BCUT2D eigenvalue weighted by Gasteiger charge is -2.37. The molecular weight excluding hydrogens is 434 g/mol. The molecule has 1 saturated carbocycles. The number of aryl methyl sites for hydroxylation is 1. The Bertz CT molecular complexity index is 916. The van der Waals surface area contributed by atoms with Crippen LogP contribution in [0.2, 0.25) is 0 Å². The number of hydrogen-bond acceptors (Lipinski definition) is 5. The number of alkyl carbamates (subject to hydrolysis) is 1. The molecule has 3 amide bonds. The lowest BCUT2D eigenvalue weighted by atomic mass is 9.94. The van der Waals surface area contributed by atoms with Gasteiger partial charge in [0.15, 0.2) is 0 Å².